The summed E-state index contributed by atoms with van der Waals surface area (Å²) in [6, 6.07) is 8.00. The van der Waals surface area contributed by atoms with Gasteiger partial charge in [0.05, 0.1) is 6.61 Å². The van der Waals surface area contributed by atoms with Crippen LogP contribution in [-0.4, -0.2) is 5.11 Å². The first-order chi connectivity index (χ1) is 7.29. The molecule has 0 fully saturated rings. The van der Waals surface area contributed by atoms with Crippen molar-refractivity contribution in [2.75, 3.05) is 0 Å². The number of aliphatic hydroxyl groups is 1. The zero-order valence-electron chi connectivity index (χ0n) is 8.41. The van der Waals surface area contributed by atoms with Gasteiger partial charge in [0.15, 0.2) is 0 Å². The van der Waals surface area contributed by atoms with Gasteiger partial charge in [0.1, 0.15) is 0 Å². The lowest BCUT2D eigenvalue weighted by atomic mass is 9.96. The molecule has 0 heterocycles. The molecular weight excluding hydrogens is 208 g/mol. The van der Waals surface area contributed by atoms with E-state index in [0.717, 1.165) is 23.4 Å². The quantitative estimate of drug-likeness (QED) is 0.809. The van der Waals surface area contributed by atoms with E-state index in [1.54, 1.807) is 0 Å². The smallest absolute Gasteiger partial charge is 0.0681 e. The van der Waals surface area contributed by atoms with Crippen LogP contribution in [0.3, 0.4) is 0 Å². The fourth-order valence-corrected chi connectivity index (χ4v) is 1.83. The summed E-state index contributed by atoms with van der Waals surface area (Å²) in [5, 5.41) is 9.85. The van der Waals surface area contributed by atoms with Crippen LogP contribution in [0, 0.1) is 0 Å². The van der Waals surface area contributed by atoms with Crippen LogP contribution in [0.5, 0.6) is 0 Å². The monoisotopic (exact) mass is 220 g/mol. The molecule has 1 nitrogen and oxygen atoms in total. The fraction of sp³-hybridized carbons (Fsp3) is 0.231. The fourth-order valence-electron chi connectivity index (χ4n) is 1.68. The minimum absolute atomic E-state index is 0.102. The first-order valence-corrected chi connectivity index (χ1v) is 5.43. The highest BCUT2D eigenvalue weighted by Crippen LogP contribution is 2.28. The zero-order valence-corrected chi connectivity index (χ0v) is 9.17. The molecule has 1 aromatic rings. The summed E-state index contributed by atoms with van der Waals surface area (Å²) in [4.78, 5) is 0. The van der Waals surface area contributed by atoms with E-state index < -0.39 is 0 Å². The highest BCUT2D eigenvalue weighted by atomic mass is 35.5. The summed E-state index contributed by atoms with van der Waals surface area (Å²) >= 11 is 5.90. The van der Waals surface area contributed by atoms with Crippen LogP contribution in [0.15, 0.2) is 41.4 Å². The Labute approximate surface area is 94.7 Å². The molecule has 1 aliphatic carbocycles. The van der Waals surface area contributed by atoms with Crippen molar-refractivity contribution in [3.8, 4) is 0 Å². The van der Waals surface area contributed by atoms with Gasteiger partial charge >= 0.3 is 0 Å². The molecule has 15 heavy (non-hydrogen) atoms. The Morgan fingerprint density at radius 3 is 2.33 bits per heavy atom. The minimum atomic E-state index is 0.102. The number of hydrogen-bond donors (Lipinski definition) is 1. The van der Waals surface area contributed by atoms with E-state index in [4.69, 9.17) is 16.7 Å². The lowest BCUT2D eigenvalue weighted by Gasteiger charge is -2.11. The normalized spacial score (nSPS) is 15.9. The number of allylic oxidation sites excluding steroid dienone is 4. The topological polar surface area (TPSA) is 20.2 Å². The van der Waals surface area contributed by atoms with Crippen molar-refractivity contribution in [1.29, 1.82) is 0 Å². The number of rotatable bonds is 2. The maximum absolute atomic E-state index is 8.93. The third-order valence-electron chi connectivity index (χ3n) is 2.61. The first-order valence-electron chi connectivity index (χ1n) is 5.05. The van der Waals surface area contributed by atoms with Gasteiger partial charge in [0.25, 0.3) is 0 Å². The average Bonchev–Trinajstić information content (AvgIpc) is 2.30. The van der Waals surface area contributed by atoms with Gasteiger partial charge in [0, 0.05) is 5.03 Å². The predicted octanol–water partition coefficient (Wildman–Crippen LogP) is 3.48. The maximum Gasteiger partial charge on any atom is 0.0681 e. The Morgan fingerprint density at radius 2 is 1.80 bits per heavy atom. The second-order valence-corrected chi connectivity index (χ2v) is 4.15. The summed E-state index contributed by atoms with van der Waals surface area (Å²) in [5.41, 5.74) is 3.47. The molecule has 0 bridgehead atoms. The molecule has 0 aliphatic heterocycles. The highest BCUT2D eigenvalue weighted by Gasteiger charge is 2.06. The SMILES string of the molecule is OCc1ccc(C2=CC=C(Cl)CC2)cc1. The zero-order chi connectivity index (χ0) is 10.7. The van der Waals surface area contributed by atoms with E-state index in [0.29, 0.717) is 0 Å². The molecule has 2 rings (SSSR count). The van der Waals surface area contributed by atoms with Crippen molar-refractivity contribution in [2.45, 2.75) is 19.4 Å². The standard InChI is InChI=1S/C13H13ClO/c14-13-7-5-12(6-8-13)11-3-1-10(9-15)2-4-11/h1-5,7,15H,6,8-9H2. The molecule has 0 saturated heterocycles. The maximum atomic E-state index is 8.93. The van der Waals surface area contributed by atoms with E-state index in [1.807, 2.05) is 30.3 Å². The molecule has 1 N–H and O–H groups in total. The Balaban J connectivity index is 2.23. The average molecular weight is 221 g/mol. The van der Waals surface area contributed by atoms with Crippen molar-refractivity contribution in [3.05, 3.63) is 52.6 Å². The number of halogens is 1. The second-order valence-electron chi connectivity index (χ2n) is 3.66. The highest BCUT2D eigenvalue weighted by molar-refractivity contribution is 6.29. The molecule has 0 amide bonds. The molecule has 0 unspecified atom stereocenters. The van der Waals surface area contributed by atoms with Crippen LogP contribution >= 0.6 is 11.6 Å². The minimum Gasteiger partial charge on any atom is -0.392 e. The number of benzene rings is 1. The van der Waals surface area contributed by atoms with Crippen LogP contribution in [-0.2, 0) is 6.61 Å². The van der Waals surface area contributed by atoms with Crippen LogP contribution in [0.25, 0.3) is 5.57 Å². The van der Waals surface area contributed by atoms with Gasteiger partial charge in [-0.05, 0) is 35.6 Å². The van der Waals surface area contributed by atoms with E-state index in [2.05, 4.69) is 6.08 Å². The molecule has 0 radical (unpaired) electrons. The third kappa shape index (κ3) is 2.49. The molecular formula is C13H13ClO. The van der Waals surface area contributed by atoms with Crippen molar-refractivity contribution in [3.63, 3.8) is 0 Å². The van der Waals surface area contributed by atoms with E-state index in [9.17, 15) is 0 Å². The first kappa shape index (κ1) is 10.5. The Hall–Kier alpha value is -1.05. The summed E-state index contributed by atoms with van der Waals surface area (Å²) in [6.07, 6.45) is 5.95. The number of aliphatic hydroxyl groups excluding tert-OH is 1. The Bertz CT molecular complexity index is 401. The molecule has 0 spiro atoms. The van der Waals surface area contributed by atoms with Gasteiger partial charge in [0.2, 0.25) is 0 Å². The van der Waals surface area contributed by atoms with Gasteiger partial charge in [-0.25, -0.2) is 0 Å². The molecule has 78 valence electrons. The second kappa shape index (κ2) is 4.65. The van der Waals surface area contributed by atoms with Gasteiger partial charge < -0.3 is 5.11 Å². The molecule has 0 aromatic heterocycles. The summed E-state index contributed by atoms with van der Waals surface area (Å²) in [5.74, 6) is 0. The number of hydrogen-bond acceptors (Lipinski definition) is 1. The van der Waals surface area contributed by atoms with Gasteiger partial charge in [-0.1, -0.05) is 41.9 Å². The summed E-state index contributed by atoms with van der Waals surface area (Å²) < 4.78 is 0. The molecule has 1 aliphatic rings. The Kier molecular flexibility index (Phi) is 3.24. The van der Waals surface area contributed by atoms with Gasteiger partial charge in [-0.15, -0.1) is 0 Å². The van der Waals surface area contributed by atoms with Crippen LogP contribution in [0.1, 0.15) is 24.0 Å². The van der Waals surface area contributed by atoms with Crippen molar-refractivity contribution in [1.82, 2.24) is 0 Å². The molecule has 0 saturated carbocycles. The van der Waals surface area contributed by atoms with Gasteiger partial charge in [-0.2, -0.15) is 0 Å². The third-order valence-corrected chi connectivity index (χ3v) is 2.92. The van der Waals surface area contributed by atoms with Crippen LogP contribution < -0.4 is 0 Å². The lowest BCUT2D eigenvalue weighted by molar-refractivity contribution is 0.282. The summed E-state index contributed by atoms with van der Waals surface area (Å²) in [7, 11) is 0. The largest absolute Gasteiger partial charge is 0.392 e. The van der Waals surface area contributed by atoms with Gasteiger partial charge in [-0.3, -0.25) is 0 Å². The van der Waals surface area contributed by atoms with Crippen LogP contribution in [0.4, 0.5) is 0 Å². The molecule has 0 atom stereocenters. The van der Waals surface area contributed by atoms with Crippen molar-refractivity contribution in [2.24, 2.45) is 0 Å². The summed E-state index contributed by atoms with van der Waals surface area (Å²) in [6.45, 7) is 0.102. The predicted molar refractivity (Wildman–Crippen MR) is 63.5 cm³/mol. The molecule has 2 heteroatoms. The van der Waals surface area contributed by atoms with Crippen LogP contribution in [0.2, 0.25) is 0 Å². The Morgan fingerprint density at radius 1 is 1.07 bits per heavy atom. The lowest BCUT2D eigenvalue weighted by Crippen LogP contribution is -1.91. The van der Waals surface area contributed by atoms with Crippen molar-refractivity contribution >= 4 is 17.2 Å². The van der Waals surface area contributed by atoms with E-state index in [1.165, 1.54) is 11.1 Å². The van der Waals surface area contributed by atoms with E-state index >= 15 is 0 Å². The van der Waals surface area contributed by atoms with Crippen molar-refractivity contribution < 1.29 is 5.11 Å². The molecule has 1 aromatic carbocycles. The van der Waals surface area contributed by atoms with E-state index in [-0.39, 0.29) is 6.61 Å².